The molecule has 0 radical (unpaired) electrons. The summed E-state index contributed by atoms with van der Waals surface area (Å²) in [4.78, 5) is 0. The van der Waals surface area contributed by atoms with E-state index in [1.807, 2.05) is 0 Å². The molecule has 0 saturated heterocycles. The van der Waals surface area contributed by atoms with E-state index in [2.05, 4.69) is 6.92 Å². The van der Waals surface area contributed by atoms with Gasteiger partial charge in [0, 0.05) is 0 Å². The van der Waals surface area contributed by atoms with E-state index in [-0.39, 0.29) is 0 Å². The van der Waals surface area contributed by atoms with Crippen molar-refractivity contribution in [3.8, 4) is 0 Å². The lowest BCUT2D eigenvalue weighted by atomic mass is 9.77. The van der Waals surface area contributed by atoms with E-state index >= 15 is 0 Å². The van der Waals surface area contributed by atoms with Crippen molar-refractivity contribution in [3.05, 3.63) is 35.4 Å². The molecule has 0 amide bonds. The van der Waals surface area contributed by atoms with Crippen molar-refractivity contribution in [2.24, 2.45) is 5.92 Å². The number of benzene rings is 1. The maximum Gasteiger partial charge on any atom is 0.416 e. The molecule has 0 spiro atoms. The highest BCUT2D eigenvalue weighted by Gasteiger charge is 2.30. The average molecular weight is 298 g/mol. The van der Waals surface area contributed by atoms with Crippen LogP contribution < -0.4 is 0 Å². The van der Waals surface area contributed by atoms with E-state index in [1.54, 1.807) is 12.1 Å². The summed E-state index contributed by atoms with van der Waals surface area (Å²) in [7, 11) is 0. The molecular formula is C18H25F3. The smallest absolute Gasteiger partial charge is 0.166 e. The van der Waals surface area contributed by atoms with E-state index in [0.29, 0.717) is 5.92 Å². The molecule has 1 aromatic carbocycles. The maximum absolute atomic E-state index is 12.6. The first kappa shape index (κ1) is 16.4. The largest absolute Gasteiger partial charge is 0.416 e. The molecule has 1 saturated carbocycles. The predicted molar refractivity (Wildman–Crippen MR) is 80.3 cm³/mol. The van der Waals surface area contributed by atoms with Crippen LogP contribution in [0.4, 0.5) is 13.2 Å². The minimum atomic E-state index is -4.23. The van der Waals surface area contributed by atoms with E-state index in [9.17, 15) is 13.2 Å². The van der Waals surface area contributed by atoms with Gasteiger partial charge < -0.3 is 0 Å². The molecule has 1 aliphatic carbocycles. The fourth-order valence-corrected chi connectivity index (χ4v) is 3.41. The van der Waals surface area contributed by atoms with Gasteiger partial charge in [0.05, 0.1) is 5.56 Å². The Bertz CT molecular complexity index is 411. The SMILES string of the molecule is CCCCC[C@H]1CC[C@H](c2ccc(C(F)(F)F)cc2)CC1. The van der Waals surface area contributed by atoms with Crippen molar-refractivity contribution in [1.82, 2.24) is 0 Å². The molecule has 21 heavy (non-hydrogen) atoms. The maximum atomic E-state index is 12.6. The van der Waals surface area contributed by atoms with Crippen LogP contribution in [0, 0.1) is 5.92 Å². The van der Waals surface area contributed by atoms with Gasteiger partial charge in [0.1, 0.15) is 0 Å². The summed E-state index contributed by atoms with van der Waals surface area (Å²) in [6.07, 6.45) is 5.73. The van der Waals surface area contributed by atoms with Gasteiger partial charge in [0.15, 0.2) is 0 Å². The molecule has 118 valence electrons. The zero-order valence-electron chi connectivity index (χ0n) is 12.8. The molecule has 1 aromatic rings. The van der Waals surface area contributed by atoms with Gasteiger partial charge in [-0.25, -0.2) is 0 Å². The summed E-state index contributed by atoms with van der Waals surface area (Å²) in [6, 6.07) is 5.79. The first-order chi connectivity index (χ1) is 10.0. The van der Waals surface area contributed by atoms with Crippen molar-refractivity contribution in [2.75, 3.05) is 0 Å². The Labute approximate surface area is 125 Å². The molecule has 0 nitrogen and oxygen atoms in total. The topological polar surface area (TPSA) is 0 Å². The summed E-state index contributed by atoms with van der Waals surface area (Å²) < 4.78 is 37.7. The molecule has 2 rings (SSSR count). The molecule has 0 bridgehead atoms. The molecule has 1 fully saturated rings. The second kappa shape index (κ2) is 7.33. The molecule has 0 atom stereocenters. The number of alkyl halides is 3. The van der Waals surface area contributed by atoms with Crippen LogP contribution in [0.15, 0.2) is 24.3 Å². The Kier molecular flexibility index (Phi) is 5.72. The lowest BCUT2D eigenvalue weighted by Gasteiger charge is -2.29. The molecule has 0 aliphatic heterocycles. The van der Waals surface area contributed by atoms with E-state index < -0.39 is 11.7 Å². The molecule has 0 unspecified atom stereocenters. The van der Waals surface area contributed by atoms with Crippen molar-refractivity contribution >= 4 is 0 Å². The number of rotatable bonds is 5. The lowest BCUT2D eigenvalue weighted by molar-refractivity contribution is -0.137. The first-order valence-corrected chi connectivity index (χ1v) is 8.18. The zero-order valence-corrected chi connectivity index (χ0v) is 12.8. The van der Waals surface area contributed by atoms with Gasteiger partial charge in [-0.1, -0.05) is 44.7 Å². The van der Waals surface area contributed by atoms with Crippen molar-refractivity contribution in [1.29, 1.82) is 0 Å². The zero-order chi connectivity index (χ0) is 15.3. The van der Waals surface area contributed by atoms with Gasteiger partial charge in [-0.3, -0.25) is 0 Å². The predicted octanol–water partition coefficient (Wildman–Crippen LogP) is 6.56. The second-order valence-electron chi connectivity index (χ2n) is 6.33. The number of unbranched alkanes of at least 4 members (excludes halogenated alkanes) is 2. The molecule has 1 aliphatic rings. The second-order valence-corrected chi connectivity index (χ2v) is 6.33. The number of hydrogen-bond donors (Lipinski definition) is 0. The normalized spacial score (nSPS) is 23.2. The van der Waals surface area contributed by atoms with Gasteiger partial charge in [0.25, 0.3) is 0 Å². The summed E-state index contributed by atoms with van der Waals surface area (Å²) in [5.74, 6) is 1.29. The quantitative estimate of drug-likeness (QED) is 0.540. The van der Waals surface area contributed by atoms with Crippen molar-refractivity contribution in [3.63, 3.8) is 0 Å². The third-order valence-electron chi connectivity index (χ3n) is 4.77. The number of hydrogen-bond acceptors (Lipinski definition) is 0. The molecule has 0 aromatic heterocycles. The van der Waals surface area contributed by atoms with E-state index in [4.69, 9.17) is 0 Å². The van der Waals surface area contributed by atoms with Crippen LogP contribution in [0.1, 0.15) is 75.3 Å². The van der Waals surface area contributed by atoms with Gasteiger partial charge in [-0.05, 0) is 55.2 Å². The molecule has 0 heterocycles. The summed E-state index contributed by atoms with van der Waals surface area (Å²) >= 11 is 0. The standard InChI is InChI=1S/C18H25F3/c1-2-3-4-5-14-6-8-15(9-7-14)16-10-12-17(13-11-16)18(19,20)21/h10-15H,2-9H2,1H3/t14-,15-. The van der Waals surface area contributed by atoms with Crippen LogP contribution in [0.25, 0.3) is 0 Å². The third-order valence-corrected chi connectivity index (χ3v) is 4.77. The van der Waals surface area contributed by atoms with Gasteiger partial charge in [0.2, 0.25) is 0 Å². The Morgan fingerprint density at radius 2 is 1.57 bits per heavy atom. The third kappa shape index (κ3) is 4.76. The van der Waals surface area contributed by atoms with Crippen LogP contribution in [-0.4, -0.2) is 0 Å². The van der Waals surface area contributed by atoms with Crippen LogP contribution in [0.5, 0.6) is 0 Å². The van der Waals surface area contributed by atoms with Crippen LogP contribution >= 0.6 is 0 Å². The molecule has 0 N–H and O–H groups in total. The molecule has 3 heteroatoms. The average Bonchev–Trinajstić information content (AvgIpc) is 2.48. The first-order valence-electron chi connectivity index (χ1n) is 8.18. The fourth-order valence-electron chi connectivity index (χ4n) is 3.41. The Balaban J connectivity index is 1.85. The summed E-state index contributed by atoms with van der Waals surface area (Å²) in [5.41, 5.74) is 0.537. The summed E-state index contributed by atoms with van der Waals surface area (Å²) in [5, 5.41) is 0. The van der Waals surface area contributed by atoms with Gasteiger partial charge >= 0.3 is 6.18 Å². The van der Waals surface area contributed by atoms with Crippen LogP contribution in [0.2, 0.25) is 0 Å². The monoisotopic (exact) mass is 298 g/mol. The highest BCUT2D eigenvalue weighted by atomic mass is 19.4. The summed E-state index contributed by atoms with van der Waals surface area (Å²) in [6.45, 7) is 2.22. The van der Waals surface area contributed by atoms with Crippen molar-refractivity contribution < 1.29 is 13.2 Å². The molecular weight excluding hydrogens is 273 g/mol. The van der Waals surface area contributed by atoms with Crippen molar-refractivity contribution in [2.45, 2.75) is 70.4 Å². The highest BCUT2D eigenvalue weighted by Crippen LogP contribution is 2.38. The number of halogens is 3. The lowest BCUT2D eigenvalue weighted by Crippen LogP contribution is -2.13. The van der Waals surface area contributed by atoms with Crippen LogP contribution in [0.3, 0.4) is 0 Å². The highest BCUT2D eigenvalue weighted by molar-refractivity contribution is 5.27. The Morgan fingerprint density at radius 1 is 0.952 bits per heavy atom. The van der Waals surface area contributed by atoms with Gasteiger partial charge in [-0.2, -0.15) is 13.2 Å². The van der Waals surface area contributed by atoms with E-state index in [0.717, 1.165) is 24.3 Å². The van der Waals surface area contributed by atoms with Crippen LogP contribution in [-0.2, 0) is 6.18 Å². The minimum absolute atomic E-state index is 0.453. The fraction of sp³-hybridized carbons (Fsp3) is 0.667. The van der Waals surface area contributed by atoms with E-state index in [1.165, 1.54) is 50.7 Å². The minimum Gasteiger partial charge on any atom is -0.166 e. The Hall–Kier alpha value is -0.990. The Morgan fingerprint density at radius 3 is 2.10 bits per heavy atom. The van der Waals surface area contributed by atoms with Gasteiger partial charge in [-0.15, -0.1) is 0 Å².